The van der Waals surface area contributed by atoms with E-state index in [4.69, 9.17) is 27.9 Å². The Morgan fingerprint density at radius 3 is 2.33 bits per heavy atom. The summed E-state index contributed by atoms with van der Waals surface area (Å²) in [6, 6.07) is 14.7. The molecule has 0 spiro atoms. The smallest absolute Gasteiger partial charge is 0.253 e. The van der Waals surface area contributed by atoms with E-state index in [2.05, 4.69) is 17.0 Å². The molecule has 9 nitrogen and oxygen atoms in total. The standard InChI is InChI=1S/C34H35Cl2N3O6/c1-37-31(43)33(35)17-24-22(28(34(33,36)32(37)44)20-8-11-26(45-2)25(40)16-20)9-10-23-27(24)30(42)39(29(23)41)21-12-14-38(15-13-21)18-19-6-4-3-5-7-19/h3-9,11,16,21,23-24,27-28,40H,10,12-15,17-18H2,1-2H3/t23-,24+,27-,28-,33+,34-/m0/s1. The van der Waals surface area contributed by atoms with Gasteiger partial charge < -0.3 is 9.84 Å². The summed E-state index contributed by atoms with van der Waals surface area (Å²) in [6.45, 7) is 2.35. The van der Waals surface area contributed by atoms with Crippen molar-refractivity contribution in [2.45, 2.75) is 53.9 Å². The van der Waals surface area contributed by atoms with Crippen LogP contribution in [0, 0.1) is 17.8 Å². The fraction of sp³-hybridized carbons (Fsp3) is 0.471. The lowest BCUT2D eigenvalue weighted by atomic mass is 9.56. The van der Waals surface area contributed by atoms with E-state index >= 15 is 0 Å². The van der Waals surface area contributed by atoms with Crippen molar-refractivity contribution in [3.63, 3.8) is 0 Å². The molecule has 6 atom stereocenters. The molecule has 3 heterocycles. The van der Waals surface area contributed by atoms with Gasteiger partial charge in [0.1, 0.15) is 0 Å². The van der Waals surface area contributed by atoms with Gasteiger partial charge in [0.15, 0.2) is 21.2 Å². The average Bonchev–Trinajstić information content (AvgIpc) is 3.36. The van der Waals surface area contributed by atoms with E-state index in [1.54, 1.807) is 12.1 Å². The molecule has 0 unspecified atom stereocenters. The summed E-state index contributed by atoms with van der Waals surface area (Å²) in [5.41, 5.74) is 2.39. The van der Waals surface area contributed by atoms with Gasteiger partial charge in [-0.25, -0.2) is 0 Å². The summed E-state index contributed by atoms with van der Waals surface area (Å²) in [5.74, 6) is -4.43. The maximum Gasteiger partial charge on any atom is 0.253 e. The Balaban J connectivity index is 1.21. The number of carbonyl (C=O) groups is 4. The Kier molecular flexibility index (Phi) is 7.30. The summed E-state index contributed by atoms with van der Waals surface area (Å²) in [5, 5.41) is 10.7. The first-order chi connectivity index (χ1) is 21.5. The SMILES string of the molecule is COc1ccc([C@H]2C3=CC[C@@H]4C(=O)N(C5CCN(Cc6ccccc6)CC5)C(=O)[C@@H]4[C@@H]3C[C@@]3(Cl)C(=O)N(C)C(=O)[C@@]23Cl)cc1O. The van der Waals surface area contributed by atoms with Crippen molar-refractivity contribution in [1.82, 2.24) is 14.7 Å². The van der Waals surface area contributed by atoms with Gasteiger partial charge in [0.25, 0.3) is 11.8 Å². The highest BCUT2D eigenvalue weighted by molar-refractivity contribution is 6.53. The van der Waals surface area contributed by atoms with Gasteiger partial charge in [-0.15, -0.1) is 23.2 Å². The number of fused-ring (bicyclic) bond motifs is 4. The topological polar surface area (TPSA) is 107 Å². The molecule has 7 rings (SSSR count). The molecule has 11 heteroatoms. The number of hydrogen-bond donors (Lipinski definition) is 1. The monoisotopic (exact) mass is 651 g/mol. The minimum Gasteiger partial charge on any atom is -0.504 e. The zero-order valence-electron chi connectivity index (χ0n) is 25.1. The van der Waals surface area contributed by atoms with Gasteiger partial charge in [-0.3, -0.25) is 33.9 Å². The Labute approximate surface area is 271 Å². The van der Waals surface area contributed by atoms with Crippen LogP contribution in [-0.2, 0) is 25.7 Å². The Bertz CT molecular complexity index is 1620. The third kappa shape index (κ3) is 4.30. The van der Waals surface area contributed by atoms with E-state index in [0.717, 1.165) is 24.5 Å². The molecule has 1 saturated carbocycles. The Morgan fingerprint density at radius 1 is 0.956 bits per heavy atom. The van der Waals surface area contributed by atoms with E-state index in [-0.39, 0.29) is 35.8 Å². The Morgan fingerprint density at radius 2 is 1.67 bits per heavy atom. The second-order valence-corrected chi connectivity index (χ2v) is 14.2. The highest BCUT2D eigenvalue weighted by Gasteiger charge is 2.76. The largest absolute Gasteiger partial charge is 0.504 e. The fourth-order valence-electron chi connectivity index (χ4n) is 8.57. The summed E-state index contributed by atoms with van der Waals surface area (Å²) in [6.07, 6.45) is 3.53. The van der Waals surface area contributed by atoms with E-state index in [0.29, 0.717) is 30.4 Å². The van der Waals surface area contributed by atoms with Crippen LogP contribution in [0.3, 0.4) is 0 Å². The maximum atomic E-state index is 14.3. The van der Waals surface area contributed by atoms with Crippen LogP contribution in [0.1, 0.15) is 42.7 Å². The molecule has 2 aromatic rings. The Hall–Kier alpha value is -3.40. The van der Waals surface area contributed by atoms with Crippen LogP contribution in [0.25, 0.3) is 0 Å². The summed E-state index contributed by atoms with van der Waals surface area (Å²) < 4.78 is 5.23. The highest BCUT2D eigenvalue weighted by atomic mass is 35.5. The molecule has 2 aromatic carbocycles. The van der Waals surface area contributed by atoms with Gasteiger partial charge >= 0.3 is 0 Å². The van der Waals surface area contributed by atoms with Crippen LogP contribution in [0.4, 0.5) is 0 Å². The van der Waals surface area contributed by atoms with Crippen molar-refractivity contribution < 1.29 is 29.0 Å². The predicted octanol–water partition coefficient (Wildman–Crippen LogP) is 4.05. The third-order valence-corrected chi connectivity index (χ3v) is 12.2. The zero-order chi connectivity index (χ0) is 31.8. The second kappa shape index (κ2) is 10.9. The fourth-order valence-corrected chi connectivity index (χ4v) is 9.59. The zero-order valence-corrected chi connectivity index (χ0v) is 26.6. The first-order valence-corrected chi connectivity index (χ1v) is 16.2. The molecule has 1 N–H and O–H groups in total. The molecule has 4 fully saturated rings. The van der Waals surface area contributed by atoms with Gasteiger partial charge in [0, 0.05) is 38.6 Å². The number of phenolic OH excluding ortho intramolecular Hbond substituents is 1. The molecule has 45 heavy (non-hydrogen) atoms. The number of amides is 4. The van der Waals surface area contributed by atoms with Crippen LogP contribution in [-0.4, -0.2) is 86.5 Å². The lowest BCUT2D eigenvalue weighted by Gasteiger charge is -2.50. The predicted molar refractivity (Wildman–Crippen MR) is 167 cm³/mol. The number of nitrogens with zero attached hydrogens (tertiary/aromatic N) is 3. The number of methoxy groups -OCH3 is 1. The number of imide groups is 2. The minimum absolute atomic E-state index is 0.0546. The number of hydrogen-bond acceptors (Lipinski definition) is 7. The molecule has 2 aliphatic carbocycles. The maximum absolute atomic E-state index is 14.3. The van der Waals surface area contributed by atoms with Crippen molar-refractivity contribution in [3.05, 3.63) is 71.3 Å². The summed E-state index contributed by atoms with van der Waals surface area (Å²) in [4.78, 5) is 56.6. The first-order valence-electron chi connectivity index (χ1n) is 15.4. The van der Waals surface area contributed by atoms with Crippen molar-refractivity contribution in [3.8, 4) is 11.5 Å². The number of phenols is 1. The number of alkyl halides is 2. The number of rotatable bonds is 5. The molecule has 0 bridgehead atoms. The lowest BCUT2D eigenvalue weighted by Crippen LogP contribution is -2.60. The van der Waals surface area contributed by atoms with Gasteiger partial charge in [0.05, 0.1) is 18.9 Å². The molecular weight excluding hydrogens is 617 g/mol. The van der Waals surface area contributed by atoms with E-state index < -0.39 is 45.2 Å². The van der Waals surface area contributed by atoms with Gasteiger partial charge in [-0.2, -0.15) is 0 Å². The lowest BCUT2D eigenvalue weighted by molar-refractivity contribution is -0.144. The van der Waals surface area contributed by atoms with Gasteiger partial charge in [0.2, 0.25) is 11.8 Å². The molecule has 0 aromatic heterocycles. The minimum atomic E-state index is -1.90. The van der Waals surface area contributed by atoms with E-state index in [9.17, 15) is 24.3 Å². The normalized spacial score (nSPS) is 33.6. The second-order valence-electron chi connectivity index (χ2n) is 13.0. The van der Waals surface area contributed by atoms with Crippen molar-refractivity contribution >= 4 is 46.8 Å². The molecule has 3 aliphatic heterocycles. The highest BCUT2D eigenvalue weighted by Crippen LogP contribution is 2.65. The average molecular weight is 653 g/mol. The van der Waals surface area contributed by atoms with Crippen molar-refractivity contribution in [2.75, 3.05) is 27.2 Å². The number of halogens is 2. The van der Waals surface area contributed by atoms with E-state index in [1.807, 2.05) is 24.3 Å². The first kappa shape index (κ1) is 30.3. The number of ether oxygens (including phenoxy) is 1. The summed E-state index contributed by atoms with van der Waals surface area (Å²) >= 11 is 14.5. The number of piperidine rings is 1. The number of allylic oxidation sites excluding steroid dienone is 2. The molecule has 0 radical (unpaired) electrons. The van der Waals surface area contributed by atoms with Crippen LogP contribution < -0.4 is 4.74 Å². The molecule has 3 saturated heterocycles. The van der Waals surface area contributed by atoms with Crippen molar-refractivity contribution in [2.24, 2.45) is 17.8 Å². The van der Waals surface area contributed by atoms with Gasteiger partial charge in [-0.1, -0.05) is 48.0 Å². The molecule has 4 amide bonds. The van der Waals surface area contributed by atoms with Crippen LogP contribution in [0.15, 0.2) is 60.2 Å². The number of likely N-dealkylation sites (tertiary alicyclic amines) is 3. The molecule has 236 valence electrons. The van der Waals surface area contributed by atoms with Crippen LogP contribution >= 0.6 is 23.2 Å². The quantitative estimate of drug-likeness (QED) is 0.295. The number of benzene rings is 2. The van der Waals surface area contributed by atoms with Crippen molar-refractivity contribution in [1.29, 1.82) is 0 Å². The van der Waals surface area contributed by atoms with Crippen LogP contribution in [0.2, 0.25) is 0 Å². The number of aromatic hydroxyl groups is 1. The summed E-state index contributed by atoms with van der Waals surface area (Å²) in [7, 11) is 2.79. The van der Waals surface area contributed by atoms with Crippen LogP contribution in [0.5, 0.6) is 11.5 Å². The molecular formula is C34H35Cl2N3O6. The third-order valence-electron chi connectivity index (χ3n) is 10.8. The van der Waals surface area contributed by atoms with E-state index in [1.165, 1.54) is 30.7 Å². The van der Waals surface area contributed by atoms with Gasteiger partial charge in [-0.05, 0) is 54.9 Å². The number of carbonyl (C=O) groups excluding carboxylic acids is 4. The molecule has 5 aliphatic rings.